The maximum Gasteiger partial charge on any atom is 0.230 e. The van der Waals surface area contributed by atoms with Gasteiger partial charge in [-0.05, 0) is 43.5 Å². The summed E-state index contributed by atoms with van der Waals surface area (Å²) in [6.07, 6.45) is 0.747. The van der Waals surface area contributed by atoms with Gasteiger partial charge in [-0.25, -0.2) is 0 Å². The highest BCUT2D eigenvalue weighted by molar-refractivity contribution is 5.87. The quantitative estimate of drug-likeness (QED) is 0.886. The van der Waals surface area contributed by atoms with E-state index in [1.807, 2.05) is 56.3 Å². The van der Waals surface area contributed by atoms with Gasteiger partial charge in [0.05, 0.1) is 5.41 Å². The van der Waals surface area contributed by atoms with E-state index in [1.165, 1.54) is 0 Å². The van der Waals surface area contributed by atoms with Gasteiger partial charge >= 0.3 is 0 Å². The molecule has 2 rings (SSSR count). The molecule has 2 N–H and O–H groups in total. The summed E-state index contributed by atoms with van der Waals surface area (Å²) in [7, 11) is 0. The number of phenols is 1. The zero-order chi connectivity index (χ0) is 15.3. The fraction of sp³-hybridized carbons (Fsp3) is 0.278. The molecule has 0 heterocycles. The third-order valence-electron chi connectivity index (χ3n) is 3.70. The fourth-order valence-electron chi connectivity index (χ4n) is 2.19. The molecule has 0 spiro atoms. The normalized spacial score (nSPS) is 11.1. The molecule has 0 unspecified atom stereocenters. The highest BCUT2D eigenvalue weighted by Crippen LogP contribution is 2.22. The number of phenolic OH excluding ortho intramolecular Hbond substituents is 1. The van der Waals surface area contributed by atoms with Gasteiger partial charge in [0.15, 0.2) is 0 Å². The molecule has 0 aliphatic rings. The number of carbonyl (C=O) groups excluding carboxylic acids is 1. The molecule has 1 amide bonds. The van der Waals surface area contributed by atoms with Crippen LogP contribution in [0.3, 0.4) is 0 Å². The van der Waals surface area contributed by atoms with Crippen molar-refractivity contribution in [3.05, 3.63) is 65.7 Å². The summed E-state index contributed by atoms with van der Waals surface area (Å²) in [5.41, 5.74) is 1.55. The Bertz CT molecular complexity index is 588. The Balaban J connectivity index is 1.91. The van der Waals surface area contributed by atoms with Gasteiger partial charge in [0.25, 0.3) is 0 Å². The lowest BCUT2D eigenvalue weighted by Crippen LogP contribution is -2.40. The molecular formula is C18H21NO2. The number of rotatable bonds is 5. The summed E-state index contributed by atoms with van der Waals surface area (Å²) < 4.78 is 0. The zero-order valence-electron chi connectivity index (χ0n) is 12.5. The first kappa shape index (κ1) is 15.1. The van der Waals surface area contributed by atoms with Crippen molar-refractivity contribution >= 4 is 5.91 Å². The molecule has 0 aliphatic carbocycles. The van der Waals surface area contributed by atoms with Crippen molar-refractivity contribution < 1.29 is 9.90 Å². The Morgan fingerprint density at radius 2 is 1.67 bits per heavy atom. The molecule has 3 nitrogen and oxygen atoms in total. The van der Waals surface area contributed by atoms with E-state index in [0.29, 0.717) is 6.54 Å². The largest absolute Gasteiger partial charge is 0.508 e. The summed E-state index contributed by atoms with van der Waals surface area (Å²) in [4.78, 5) is 12.4. The maximum absolute atomic E-state index is 12.4. The maximum atomic E-state index is 12.4. The first-order chi connectivity index (χ1) is 10.00. The van der Waals surface area contributed by atoms with Gasteiger partial charge < -0.3 is 10.4 Å². The lowest BCUT2D eigenvalue weighted by atomic mass is 9.84. The highest BCUT2D eigenvalue weighted by atomic mass is 16.3. The molecule has 0 saturated carbocycles. The van der Waals surface area contributed by atoms with E-state index in [9.17, 15) is 9.90 Å². The summed E-state index contributed by atoms with van der Waals surface area (Å²) in [6, 6.07) is 16.8. The molecule has 2 aromatic rings. The molecule has 0 aromatic heterocycles. The van der Waals surface area contributed by atoms with Gasteiger partial charge in [-0.2, -0.15) is 0 Å². The Morgan fingerprint density at radius 3 is 2.29 bits per heavy atom. The predicted octanol–water partition coefficient (Wildman–Crippen LogP) is 3.03. The molecule has 0 radical (unpaired) electrons. The Hall–Kier alpha value is -2.29. The molecule has 2 aromatic carbocycles. The molecule has 0 fully saturated rings. The van der Waals surface area contributed by atoms with Crippen LogP contribution in [-0.2, 0) is 16.6 Å². The zero-order valence-corrected chi connectivity index (χ0v) is 12.5. The second-order valence-corrected chi connectivity index (χ2v) is 5.66. The first-order valence-corrected chi connectivity index (χ1v) is 7.12. The first-order valence-electron chi connectivity index (χ1n) is 7.12. The second-order valence-electron chi connectivity index (χ2n) is 5.66. The molecule has 0 atom stereocenters. The van der Waals surface area contributed by atoms with Crippen LogP contribution in [-0.4, -0.2) is 17.6 Å². The minimum Gasteiger partial charge on any atom is -0.508 e. The van der Waals surface area contributed by atoms with Crippen LogP contribution in [0.4, 0.5) is 0 Å². The van der Waals surface area contributed by atoms with Gasteiger partial charge in [0.2, 0.25) is 5.91 Å². The van der Waals surface area contributed by atoms with Crippen LogP contribution >= 0.6 is 0 Å². The topological polar surface area (TPSA) is 49.3 Å². The Kier molecular flexibility index (Phi) is 4.63. The van der Waals surface area contributed by atoms with Crippen molar-refractivity contribution in [3.63, 3.8) is 0 Å². The van der Waals surface area contributed by atoms with E-state index in [0.717, 1.165) is 17.5 Å². The Labute approximate surface area is 125 Å². The molecular weight excluding hydrogens is 262 g/mol. The Morgan fingerprint density at radius 1 is 1.05 bits per heavy atom. The lowest BCUT2D eigenvalue weighted by molar-refractivity contribution is -0.125. The van der Waals surface area contributed by atoms with Crippen LogP contribution in [0.25, 0.3) is 0 Å². The smallest absolute Gasteiger partial charge is 0.230 e. The standard InChI is InChI=1S/C18H21NO2/c1-18(2,15-6-4-3-5-7-15)17(21)19-13-12-14-8-10-16(20)11-9-14/h3-11,20H,12-13H2,1-2H3,(H,19,21). The summed E-state index contributed by atoms with van der Waals surface area (Å²) in [5, 5.41) is 12.2. The number of hydrogen-bond donors (Lipinski definition) is 2. The molecule has 0 aliphatic heterocycles. The van der Waals surface area contributed by atoms with Crippen LogP contribution in [0.5, 0.6) is 5.75 Å². The van der Waals surface area contributed by atoms with Gasteiger partial charge in [-0.1, -0.05) is 42.5 Å². The van der Waals surface area contributed by atoms with Crippen LogP contribution in [0.1, 0.15) is 25.0 Å². The van der Waals surface area contributed by atoms with Crippen molar-refractivity contribution in [2.75, 3.05) is 6.54 Å². The van der Waals surface area contributed by atoms with Gasteiger partial charge in [0.1, 0.15) is 5.75 Å². The third-order valence-corrected chi connectivity index (χ3v) is 3.70. The van der Waals surface area contributed by atoms with Crippen LogP contribution in [0.15, 0.2) is 54.6 Å². The van der Waals surface area contributed by atoms with Crippen molar-refractivity contribution in [3.8, 4) is 5.75 Å². The second kappa shape index (κ2) is 6.44. The minimum absolute atomic E-state index is 0.0208. The van der Waals surface area contributed by atoms with Crippen molar-refractivity contribution in [2.24, 2.45) is 0 Å². The van der Waals surface area contributed by atoms with Crippen LogP contribution < -0.4 is 5.32 Å². The number of aromatic hydroxyl groups is 1. The van der Waals surface area contributed by atoms with Gasteiger partial charge in [-0.3, -0.25) is 4.79 Å². The van der Waals surface area contributed by atoms with Gasteiger partial charge in [-0.15, -0.1) is 0 Å². The molecule has 21 heavy (non-hydrogen) atoms. The fourth-order valence-corrected chi connectivity index (χ4v) is 2.19. The van der Waals surface area contributed by atoms with E-state index >= 15 is 0 Å². The van der Waals surface area contributed by atoms with Crippen molar-refractivity contribution in [2.45, 2.75) is 25.7 Å². The van der Waals surface area contributed by atoms with E-state index in [4.69, 9.17) is 0 Å². The molecule has 110 valence electrons. The van der Waals surface area contributed by atoms with E-state index < -0.39 is 5.41 Å². The van der Waals surface area contributed by atoms with E-state index in [-0.39, 0.29) is 11.7 Å². The number of hydrogen-bond acceptors (Lipinski definition) is 2. The molecule has 0 saturated heterocycles. The van der Waals surface area contributed by atoms with Crippen LogP contribution in [0.2, 0.25) is 0 Å². The number of amides is 1. The average Bonchev–Trinajstić information content (AvgIpc) is 2.50. The highest BCUT2D eigenvalue weighted by Gasteiger charge is 2.28. The van der Waals surface area contributed by atoms with Gasteiger partial charge in [0, 0.05) is 6.54 Å². The molecule has 3 heteroatoms. The van der Waals surface area contributed by atoms with E-state index in [2.05, 4.69) is 5.32 Å². The lowest BCUT2D eigenvalue weighted by Gasteiger charge is -2.24. The van der Waals surface area contributed by atoms with Crippen molar-refractivity contribution in [1.29, 1.82) is 0 Å². The molecule has 0 bridgehead atoms. The monoisotopic (exact) mass is 283 g/mol. The third kappa shape index (κ3) is 3.85. The minimum atomic E-state index is -0.545. The average molecular weight is 283 g/mol. The predicted molar refractivity (Wildman–Crippen MR) is 84.3 cm³/mol. The number of nitrogens with one attached hydrogen (secondary N) is 1. The van der Waals surface area contributed by atoms with Crippen LogP contribution in [0, 0.1) is 0 Å². The summed E-state index contributed by atoms with van der Waals surface area (Å²) in [6.45, 7) is 4.44. The number of benzene rings is 2. The van der Waals surface area contributed by atoms with Crippen molar-refractivity contribution in [1.82, 2.24) is 5.32 Å². The van der Waals surface area contributed by atoms with E-state index in [1.54, 1.807) is 12.1 Å². The SMILES string of the molecule is CC(C)(C(=O)NCCc1ccc(O)cc1)c1ccccc1. The number of carbonyl (C=O) groups is 1. The summed E-state index contributed by atoms with van der Waals surface area (Å²) in [5.74, 6) is 0.278. The summed E-state index contributed by atoms with van der Waals surface area (Å²) >= 11 is 0.